The number of halogens is 6. The van der Waals surface area contributed by atoms with E-state index in [-0.39, 0.29) is 18.1 Å². The molecule has 2 rings (SSSR count). The third-order valence-corrected chi connectivity index (χ3v) is 3.48. The fraction of sp³-hybridized carbons (Fsp3) is 0.200. The van der Waals surface area contributed by atoms with Gasteiger partial charge in [-0.3, -0.25) is 9.79 Å². The number of hydrogen-bond acceptors (Lipinski definition) is 4. The molecule has 0 heterocycles. The molecule has 2 aromatic rings. The number of carbonyl (C=O) groups is 1. The van der Waals surface area contributed by atoms with Crippen molar-refractivity contribution in [3.63, 3.8) is 0 Å². The van der Waals surface area contributed by atoms with Crippen LogP contribution >= 0.6 is 0 Å². The van der Waals surface area contributed by atoms with E-state index in [0.29, 0.717) is 5.70 Å². The number of ether oxygens (including phenoxy) is 1. The van der Waals surface area contributed by atoms with Crippen LogP contribution in [0.15, 0.2) is 65.5 Å². The van der Waals surface area contributed by atoms with Gasteiger partial charge in [0.2, 0.25) is 12.2 Å². The van der Waals surface area contributed by atoms with E-state index < -0.39 is 24.2 Å². The number of rotatable bonds is 6. The average Bonchev–Trinajstić information content (AvgIpc) is 2.71. The lowest BCUT2D eigenvalue weighted by atomic mass is 10.1. The van der Waals surface area contributed by atoms with E-state index in [1.807, 2.05) is 30.3 Å². The third kappa shape index (κ3) is 7.98. The lowest BCUT2D eigenvalue weighted by Crippen LogP contribution is -2.14. The summed E-state index contributed by atoms with van der Waals surface area (Å²) in [5.41, 5.74) is 0.519. The summed E-state index contributed by atoms with van der Waals surface area (Å²) < 4.78 is 75.9. The van der Waals surface area contributed by atoms with Crippen molar-refractivity contribution in [2.24, 2.45) is 4.99 Å². The molecule has 0 radical (unpaired) electrons. The minimum atomic E-state index is -4.64. The van der Waals surface area contributed by atoms with Crippen molar-refractivity contribution in [3.8, 4) is 0 Å². The predicted molar refractivity (Wildman–Crippen MR) is 100 cm³/mol. The zero-order valence-corrected chi connectivity index (χ0v) is 15.7. The largest absolute Gasteiger partial charge is 0.473 e. The number of hydrogen-bond donors (Lipinski definition) is 1. The molecular weight excluding hydrogens is 414 g/mol. The van der Waals surface area contributed by atoms with Crippen molar-refractivity contribution in [1.82, 2.24) is 5.32 Å². The number of carbonyl (C=O) groups excluding carboxylic acids is 1. The molecule has 0 atom stereocenters. The van der Waals surface area contributed by atoms with Gasteiger partial charge in [0.1, 0.15) is 12.3 Å². The number of nitrogens with zero attached hydrogens (tertiary/aromatic N) is 1. The van der Waals surface area contributed by atoms with Gasteiger partial charge in [0, 0.05) is 18.2 Å². The Morgan fingerprint density at radius 3 is 2.03 bits per heavy atom. The van der Waals surface area contributed by atoms with E-state index in [1.165, 1.54) is 12.1 Å². The third-order valence-electron chi connectivity index (χ3n) is 3.48. The van der Waals surface area contributed by atoms with Crippen molar-refractivity contribution in [3.05, 3.63) is 77.2 Å². The molecule has 0 aliphatic heterocycles. The molecule has 1 N–H and O–H groups in total. The fourth-order valence-electron chi connectivity index (χ4n) is 2.22. The second-order valence-electron chi connectivity index (χ2n) is 5.55. The topological polar surface area (TPSA) is 50.7 Å². The van der Waals surface area contributed by atoms with E-state index >= 15 is 0 Å². The van der Waals surface area contributed by atoms with E-state index in [4.69, 9.17) is 9.53 Å². The summed E-state index contributed by atoms with van der Waals surface area (Å²) in [6, 6.07) is 14.4. The molecule has 0 aliphatic carbocycles. The van der Waals surface area contributed by atoms with Crippen LogP contribution in [0.3, 0.4) is 0 Å². The predicted octanol–water partition coefficient (Wildman–Crippen LogP) is 5.22. The number of aldehydes is 1. The van der Waals surface area contributed by atoms with Crippen LogP contribution in [0.4, 0.5) is 26.3 Å². The van der Waals surface area contributed by atoms with Gasteiger partial charge in [-0.15, -0.1) is 0 Å². The maximum atomic E-state index is 13.0. The SMILES string of the molecule is C=N/C(=C(/NC)OCc1ccccc1C(F)(F)F)c1ccccc1.O=CC(F)(F)F. The van der Waals surface area contributed by atoms with Gasteiger partial charge in [-0.1, -0.05) is 48.5 Å². The smallest absolute Gasteiger partial charge is 0.446 e. The maximum absolute atomic E-state index is 13.0. The van der Waals surface area contributed by atoms with E-state index in [2.05, 4.69) is 17.0 Å². The summed E-state index contributed by atoms with van der Waals surface area (Å²) in [4.78, 5) is 12.6. The standard InChI is InChI=1S/C18H17F3N2O.C2HF3O/c1-22-16(13-8-4-3-5-9-13)17(23-2)24-12-14-10-6-7-11-15(14)18(19,20)21;3-2(4,5)1-6/h3-11,23H,1,12H2,2H3;1H/b17-16-;. The molecule has 0 fully saturated rings. The van der Waals surface area contributed by atoms with Crippen LogP contribution < -0.4 is 5.32 Å². The molecule has 10 heteroatoms. The minimum absolute atomic E-state index is 0.0502. The number of benzene rings is 2. The van der Waals surface area contributed by atoms with Crippen LogP contribution in [-0.4, -0.2) is 26.2 Å². The first-order chi connectivity index (χ1) is 14.0. The first-order valence-electron chi connectivity index (χ1n) is 8.28. The summed E-state index contributed by atoms with van der Waals surface area (Å²) in [5, 5.41) is 2.82. The number of aliphatic imine (C=N–C) groups is 1. The molecule has 0 aliphatic rings. The monoisotopic (exact) mass is 432 g/mol. The molecule has 0 bridgehead atoms. The van der Waals surface area contributed by atoms with E-state index in [0.717, 1.165) is 11.6 Å². The lowest BCUT2D eigenvalue weighted by Gasteiger charge is -2.16. The van der Waals surface area contributed by atoms with Gasteiger partial charge in [-0.2, -0.15) is 26.3 Å². The van der Waals surface area contributed by atoms with Crippen molar-refractivity contribution in [2.45, 2.75) is 19.0 Å². The molecule has 162 valence electrons. The highest BCUT2D eigenvalue weighted by atomic mass is 19.4. The Bertz CT molecular complexity index is 862. The molecule has 2 aromatic carbocycles. The van der Waals surface area contributed by atoms with E-state index in [9.17, 15) is 26.3 Å². The second kappa shape index (κ2) is 11.0. The van der Waals surface area contributed by atoms with Crippen molar-refractivity contribution >= 4 is 18.7 Å². The van der Waals surface area contributed by atoms with Gasteiger partial charge in [-0.25, -0.2) is 0 Å². The molecule has 0 saturated heterocycles. The van der Waals surface area contributed by atoms with Gasteiger partial charge in [-0.05, 0) is 12.8 Å². The van der Waals surface area contributed by atoms with Crippen LogP contribution in [0.1, 0.15) is 16.7 Å². The van der Waals surface area contributed by atoms with Gasteiger partial charge in [0.15, 0.2) is 0 Å². The fourth-order valence-corrected chi connectivity index (χ4v) is 2.22. The van der Waals surface area contributed by atoms with Crippen LogP contribution in [0.2, 0.25) is 0 Å². The summed E-state index contributed by atoms with van der Waals surface area (Å²) in [5.74, 6) is 0.258. The van der Waals surface area contributed by atoms with Crippen LogP contribution in [-0.2, 0) is 22.3 Å². The van der Waals surface area contributed by atoms with Crippen molar-refractivity contribution in [1.29, 1.82) is 0 Å². The lowest BCUT2D eigenvalue weighted by molar-refractivity contribution is -0.156. The molecule has 0 amide bonds. The molecule has 0 spiro atoms. The van der Waals surface area contributed by atoms with Gasteiger partial charge < -0.3 is 10.1 Å². The van der Waals surface area contributed by atoms with Gasteiger partial charge in [0.05, 0.1) is 5.56 Å². The Balaban J connectivity index is 0.000000656. The number of alkyl halides is 6. The quantitative estimate of drug-likeness (QED) is 0.295. The Labute approximate surface area is 168 Å². The second-order valence-corrected chi connectivity index (χ2v) is 5.55. The molecule has 30 heavy (non-hydrogen) atoms. The van der Waals surface area contributed by atoms with Crippen molar-refractivity contribution in [2.75, 3.05) is 7.05 Å². The average molecular weight is 432 g/mol. The van der Waals surface area contributed by atoms with Crippen LogP contribution in [0.25, 0.3) is 5.70 Å². The Morgan fingerprint density at radius 1 is 1.03 bits per heavy atom. The molecule has 4 nitrogen and oxygen atoms in total. The Morgan fingerprint density at radius 2 is 1.57 bits per heavy atom. The normalized spacial score (nSPS) is 12.1. The van der Waals surface area contributed by atoms with Crippen molar-refractivity contribution < 1.29 is 35.9 Å². The van der Waals surface area contributed by atoms with E-state index in [1.54, 1.807) is 13.1 Å². The molecule has 0 saturated carbocycles. The summed E-state index contributed by atoms with van der Waals surface area (Å²) >= 11 is 0. The highest BCUT2D eigenvalue weighted by Gasteiger charge is 2.33. The Kier molecular flexibility index (Phi) is 9.10. The highest BCUT2D eigenvalue weighted by molar-refractivity contribution is 5.69. The molecule has 0 aromatic heterocycles. The minimum Gasteiger partial charge on any atom is -0.473 e. The summed E-state index contributed by atoms with van der Waals surface area (Å²) in [7, 11) is 1.61. The van der Waals surface area contributed by atoms with Crippen LogP contribution in [0, 0.1) is 0 Å². The molecular formula is C20H18F6N2O2. The molecule has 0 unspecified atom stereocenters. The highest BCUT2D eigenvalue weighted by Crippen LogP contribution is 2.32. The Hall–Kier alpha value is -3.30. The zero-order valence-electron chi connectivity index (χ0n) is 15.7. The van der Waals surface area contributed by atoms with Gasteiger partial charge >= 0.3 is 12.4 Å². The summed E-state index contributed by atoms with van der Waals surface area (Å²) in [6.07, 6.45) is -10.1. The summed E-state index contributed by atoms with van der Waals surface area (Å²) in [6.45, 7) is 3.27. The van der Waals surface area contributed by atoms with Crippen LogP contribution in [0.5, 0.6) is 0 Å². The zero-order chi connectivity index (χ0) is 22.8. The van der Waals surface area contributed by atoms with Gasteiger partial charge in [0.25, 0.3) is 0 Å². The first kappa shape index (κ1) is 24.7. The first-order valence-corrected chi connectivity index (χ1v) is 8.28. The number of nitrogens with one attached hydrogen (secondary N) is 1. The maximum Gasteiger partial charge on any atom is 0.446 e.